The molecule has 0 radical (unpaired) electrons. The summed E-state index contributed by atoms with van der Waals surface area (Å²) in [6.45, 7) is 1.20. The number of amides is 1. The average molecular weight is 582 g/mol. The molecule has 222 valence electrons. The molecule has 0 unspecified atom stereocenters. The minimum absolute atomic E-state index is 0.0904. The number of rotatable bonds is 10. The second kappa shape index (κ2) is 13.8. The van der Waals surface area contributed by atoms with Crippen molar-refractivity contribution >= 4 is 11.9 Å². The molecule has 1 amide bonds. The Morgan fingerprint density at radius 1 is 0.767 bits per heavy atom. The number of aliphatic hydroxyl groups excluding tert-OH is 1. The third-order valence-electron chi connectivity index (χ3n) is 7.58. The van der Waals surface area contributed by atoms with Gasteiger partial charge in [0.1, 0.15) is 23.9 Å². The van der Waals surface area contributed by atoms with Gasteiger partial charge in [-0.05, 0) is 28.8 Å². The molecule has 0 bridgehead atoms. The summed E-state index contributed by atoms with van der Waals surface area (Å²) in [6, 6.07) is 37.0. The van der Waals surface area contributed by atoms with E-state index in [-0.39, 0.29) is 6.61 Å². The Bertz CT molecular complexity index is 1370. The number of hydrogen-bond acceptors (Lipinski definition) is 7. The van der Waals surface area contributed by atoms with Crippen molar-refractivity contribution < 1.29 is 33.6 Å². The van der Waals surface area contributed by atoms with Crippen LogP contribution in [-0.4, -0.2) is 61.3 Å². The Labute approximate surface area is 251 Å². The number of methoxy groups -OCH3 is 1. The van der Waals surface area contributed by atoms with E-state index in [4.69, 9.17) is 18.9 Å². The Kier molecular flexibility index (Phi) is 9.64. The lowest BCUT2D eigenvalue weighted by Crippen LogP contribution is -2.65. The lowest BCUT2D eigenvalue weighted by Gasteiger charge is -2.45. The fourth-order valence-corrected chi connectivity index (χ4v) is 5.62. The molecule has 2 N–H and O–H groups in total. The van der Waals surface area contributed by atoms with Gasteiger partial charge in [0, 0.05) is 19.6 Å². The number of carbonyl (C=O) groups excluding carboxylic acids is 2. The predicted octanol–water partition coefficient (Wildman–Crippen LogP) is 4.46. The molecule has 1 aliphatic heterocycles. The van der Waals surface area contributed by atoms with E-state index >= 15 is 0 Å². The van der Waals surface area contributed by atoms with Crippen LogP contribution >= 0.6 is 0 Å². The number of nitrogens with one attached hydrogen (secondary N) is 1. The number of aliphatic hydroxyl groups is 1. The lowest BCUT2D eigenvalue weighted by atomic mass is 9.80. The third-order valence-corrected chi connectivity index (χ3v) is 7.58. The van der Waals surface area contributed by atoms with E-state index in [9.17, 15) is 14.7 Å². The summed E-state index contributed by atoms with van der Waals surface area (Å²) in [5.74, 6) is -0.992. The van der Waals surface area contributed by atoms with E-state index in [1.807, 2.05) is 91.0 Å². The zero-order valence-electron chi connectivity index (χ0n) is 24.0. The topological polar surface area (TPSA) is 103 Å². The van der Waals surface area contributed by atoms with Gasteiger partial charge in [-0.2, -0.15) is 0 Å². The Morgan fingerprint density at radius 3 is 1.67 bits per heavy atom. The first-order valence-electron chi connectivity index (χ1n) is 14.1. The monoisotopic (exact) mass is 581 g/mol. The summed E-state index contributed by atoms with van der Waals surface area (Å²) < 4.78 is 24.4. The normalized spacial score (nSPS) is 22.0. The van der Waals surface area contributed by atoms with Crippen LogP contribution in [0.25, 0.3) is 0 Å². The third kappa shape index (κ3) is 6.53. The van der Waals surface area contributed by atoms with Crippen LogP contribution in [0.4, 0.5) is 0 Å². The van der Waals surface area contributed by atoms with Crippen LogP contribution in [0.2, 0.25) is 0 Å². The highest BCUT2D eigenvalue weighted by atomic mass is 16.7. The molecule has 1 heterocycles. The van der Waals surface area contributed by atoms with Gasteiger partial charge in [0.05, 0.1) is 6.61 Å². The molecule has 4 aromatic rings. The standard InChI is InChI=1S/C35H35NO7/c1-24(37)42-31-29(43-34(39)30(32(31)40-2)36-33(38)25-15-7-3-8-16-25)23-41-35(26-17-9-4-10-18-26,27-19-11-5-12-20-27)28-21-13-6-14-22-28/h3-22,29-32,34,39H,23H2,1-2H3,(H,36,38)/t29-,30-,31-,32-,34-/m1/s1. The van der Waals surface area contributed by atoms with Crippen LogP contribution in [-0.2, 0) is 29.3 Å². The second-order valence-corrected chi connectivity index (χ2v) is 10.3. The molecule has 1 aliphatic rings. The van der Waals surface area contributed by atoms with Crippen molar-refractivity contribution in [3.8, 4) is 0 Å². The smallest absolute Gasteiger partial charge is 0.303 e. The fourth-order valence-electron chi connectivity index (χ4n) is 5.62. The van der Waals surface area contributed by atoms with E-state index < -0.39 is 48.1 Å². The molecule has 4 aromatic carbocycles. The highest BCUT2D eigenvalue weighted by Crippen LogP contribution is 2.41. The van der Waals surface area contributed by atoms with Gasteiger partial charge in [0.15, 0.2) is 12.4 Å². The number of carbonyl (C=O) groups is 2. The first kappa shape index (κ1) is 30.1. The Balaban J connectivity index is 1.50. The molecule has 5 atom stereocenters. The van der Waals surface area contributed by atoms with Crippen molar-refractivity contribution in [2.24, 2.45) is 0 Å². The molecule has 8 nitrogen and oxygen atoms in total. The Morgan fingerprint density at radius 2 is 1.23 bits per heavy atom. The summed E-state index contributed by atoms with van der Waals surface area (Å²) >= 11 is 0. The highest BCUT2D eigenvalue weighted by Gasteiger charge is 2.50. The van der Waals surface area contributed by atoms with E-state index in [2.05, 4.69) is 5.32 Å². The summed E-state index contributed by atoms with van der Waals surface area (Å²) in [5.41, 5.74) is 1.97. The van der Waals surface area contributed by atoms with Gasteiger partial charge in [-0.25, -0.2) is 0 Å². The molecule has 0 aliphatic carbocycles. The van der Waals surface area contributed by atoms with Gasteiger partial charge >= 0.3 is 5.97 Å². The first-order chi connectivity index (χ1) is 20.9. The minimum Gasteiger partial charge on any atom is -0.457 e. The van der Waals surface area contributed by atoms with Crippen LogP contribution < -0.4 is 5.32 Å². The van der Waals surface area contributed by atoms with Crippen LogP contribution in [0.5, 0.6) is 0 Å². The van der Waals surface area contributed by atoms with Gasteiger partial charge in [0.25, 0.3) is 5.91 Å². The van der Waals surface area contributed by atoms with Crippen LogP contribution in [0.1, 0.15) is 34.0 Å². The molecule has 1 fully saturated rings. The largest absolute Gasteiger partial charge is 0.457 e. The lowest BCUT2D eigenvalue weighted by molar-refractivity contribution is -0.268. The predicted molar refractivity (Wildman–Crippen MR) is 160 cm³/mol. The fraction of sp³-hybridized carbons (Fsp3) is 0.257. The summed E-state index contributed by atoms with van der Waals surface area (Å²) in [6.07, 6.45) is -4.36. The van der Waals surface area contributed by atoms with Crippen molar-refractivity contribution in [3.05, 3.63) is 144 Å². The molecule has 5 rings (SSSR count). The molecular weight excluding hydrogens is 546 g/mol. The van der Waals surface area contributed by atoms with Gasteiger partial charge in [-0.1, -0.05) is 109 Å². The number of esters is 1. The Hall–Kier alpha value is -4.34. The van der Waals surface area contributed by atoms with Gasteiger partial charge < -0.3 is 29.4 Å². The van der Waals surface area contributed by atoms with Crippen LogP contribution in [0.3, 0.4) is 0 Å². The van der Waals surface area contributed by atoms with E-state index in [1.54, 1.807) is 30.3 Å². The summed E-state index contributed by atoms with van der Waals surface area (Å²) in [5, 5.41) is 13.9. The maximum atomic E-state index is 13.0. The van der Waals surface area contributed by atoms with Crippen molar-refractivity contribution in [2.45, 2.75) is 43.2 Å². The van der Waals surface area contributed by atoms with Crippen molar-refractivity contribution in [1.82, 2.24) is 5.32 Å². The molecule has 1 saturated heterocycles. The van der Waals surface area contributed by atoms with E-state index in [0.29, 0.717) is 5.56 Å². The zero-order chi connectivity index (χ0) is 30.2. The number of hydrogen-bond donors (Lipinski definition) is 2. The minimum atomic E-state index is -1.47. The average Bonchev–Trinajstić information content (AvgIpc) is 3.05. The van der Waals surface area contributed by atoms with Gasteiger partial charge in [-0.3, -0.25) is 9.59 Å². The summed E-state index contributed by atoms with van der Waals surface area (Å²) in [4.78, 5) is 25.3. The van der Waals surface area contributed by atoms with E-state index in [1.165, 1.54) is 14.0 Å². The second-order valence-electron chi connectivity index (χ2n) is 10.3. The van der Waals surface area contributed by atoms with E-state index in [0.717, 1.165) is 16.7 Å². The maximum absolute atomic E-state index is 13.0. The highest BCUT2D eigenvalue weighted by molar-refractivity contribution is 5.94. The van der Waals surface area contributed by atoms with Gasteiger partial charge in [-0.15, -0.1) is 0 Å². The van der Waals surface area contributed by atoms with Crippen molar-refractivity contribution in [2.75, 3.05) is 13.7 Å². The summed E-state index contributed by atoms with van der Waals surface area (Å²) in [7, 11) is 1.43. The van der Waals surface area contributed by atoms with Crippen LogP contribution in [0.15, 0.2) is 121 Å². The number of benzene rings is 4. The number of ether oxygens (including phenoxy) is 4. The zero-order valence-corrected chi connectivity index (χ0v) is 24.0. The molecule has 43 heavy (non-hydrogen) atoms. The molecule has 8 heteroatoms. The molecule has 0 aromatic heterocycles. The quantitative estimate of drug-likeness (QED) is 0.211. The van der Waals surface area contributed by atoms with Crippen LogP contribution in [0, 0.1) is 0 Å². The SMILES string of the molecule is CO[C@@H]1[C@@H](NC(=O)c2ccccc2)[C@H](O)O[C@H](COC(c2ccccc2)(c2ccccc2)c2ccccc2)[C@H]1OC(C)=O. The first-order valence-corrected chi connectivity index (χ1v) is 14.1. The molecule has 0 spiro atoms. The van der Waals surface area contributed by atoms with Crippen molar-refractivity contribution in [1.29, 1.82) is 0 Å². The van der Waals surface area contributed by atoms with Crippen molar-refractivity contribution in [3.63, 3.8) is 0 Å². The van der Waals surface area contributed by atoms with Gasteiger partial charge in [0.2, 0.25) is 0 Å². The maximum Gasteiger partial charge on any atom is 0.303 e. The molecular formula is C35H35NO7. The molecule has 0 saturated carbocycles.